The van der Waals surface area contributed by atoms with Gasteiger partial charge in [-0.1, -0.05) is 6.07 Å². The van der Waals surface area contributed by atoms with E-state index in [9.17, 15) is 14.4 Å². The molecule has 140 valence electrons. The van der Waals surface area contributed by atoms with Gasteiger partial charge in [-0.25, -0.2) is 0 Å². The molecular weight excluding hydrogens is 344 g/mol. The van der Waals surface area contributed by atoms with E-state index < -0.39 is 5.97 Å². The second kappa shape index (κ2) is 8.49. The van der Waals surface area contributed by atoms with E-state index in [0.717, 1.165) is 19.3 Å². The number of esters is 1. The molecule has 1 aliphatic rings. The fourth-order valence-electron chi connectivity index (χ4n) is 3.11. The first kappa shape index (κ1) is 18.6. The van der Waals surface area contributed by atoms with Gasteiger partial charge in [0.1, 0.15) is 6.54 Å². The number of carbonyl (C=O) groups excluding carboxylic acids is 3. The number of nitrogens with one attached hydrogen (secondary N) is 2. The van der Waals surface area contributed by atoms with Gasteiger partial charge in [0, 0.05) is 16.8 Å². The van der Waals surface area contributed by atoms with Gasteiger partial charge in [-0.3, -0.25) is 14.4 Å². The van der Waals surface area contributed by atoms with E-state index in [1.807, 2.05) is 18.2 Å². The van der Waals surface area contributed by atoms with E-state index in [1.165, 1.54) is 24.7 Å². The second-order valence-corrected chi connectivity index (χ2v) is 6.48. The van der Waals surface area contributed by atoms with Gasteiger partial charge in [-0.05, 0) is 73.2 Å². The maximum Gasteiger partial charge on any atom is 0.325 e. The molecule has 0 bridgehead atoms. The van der Waals surface area contributed by atoms with Crippen LogP contribution < -0.4 is 10.6 Å². The van der Waals surface area contributed by atoms with Crippen molar-refractivity contribution >= 4 is 23.5 Å². The van der Waals surface area contributed by atoms with Crippen molar-refractivity contribution < 1.29 is 19.1 Å². The molecular formula is C21H22N2O4. The van der Waals surface area contributed by atoms with Gasteiger partial charge >= 0.3 is 5.97 Å². The Morgan fingerprint density at radius 2 is 1.56 bits per heavy atom. The lowest BCUT2D eigenvalue weighted by Crippen LogP contribution is -2.30. The molecule has 2 aromatic rings. The Bertz CT molecular complexity index is 859. The minimum Gasteiger partial charge on any atom is -0.468 e. The van der Waals surface area contributed by atoms with Crippen LogP contribution in [0.5, 0.6) is 0 Å². The summed E-state index contributed by atoms with van der Waals surface area (Å²) in [5.41, 5.74) is 4.22. The molecule has 6 nitrogen and oxygen atoms in total. The summed E-state index contributed by atoms with van der Waals surface area (Å²) in [4.78, 5) is 35.5. The number of ether oxygens (including phenoxy) is 1. The van der Waals surface area contributed by atoms with E-state index >= 15 is 0 Å². The molecule has 6 heteroatoms. The van der Waals surface area contributed by atoms with E-state index in [0.29, 0.717) is 16.8 Å². The van der Waals surface area contributed by atoms with Gasteiger partial charge in [0.05, 0.1) is 7.11 Å². The number of hydrogen-bond donors (Lipinski definition) is 2. The van der Waals surface area contributed by atoms with E-state index in [-0.39, 0.29) is 18.4 Å². The highest BCUT2D eigenvalue weighted by atomic mass is 16.5. The molecule has 0 radical (unpaired) electrons. The molecule has 0 aromatic heterocycles. The number of rotatable bonds is 5. The first-order valence-corrected chi connectivity index (χ1v) is 8.95. The van der Waals surface area contributed by atoms with Gasteiger partial charge in [0.15, 0.2) is 0 Å². The lowest BCUT2D eigenvalue weighted by atomic mass is 9.90. The van der Waals surface area contributed by atoms with E-state index in [4.69, 9.17) is 0 Å². The molecule has 0 aliphatic heterocycles. The number of anilines is 1. The van der Waals surface area contributed by atoms with Crippen molar-refractivity contribution in [2.45, 2.75) is 25.7 Å². The third-order valence-electron chi connectivity index (χ3n) is 4.64. The smallest absolute Gasteiger partial charge is 0.325 e. The molecule has 2 amide bonds. The highest BCUT2D eigenvalue weighted by molar-refractivity contribution is 6.04. The number of amides is 2. The van der Waals surface area contributed by atoms with Crippen molar-refractivity contribution in [3.05, 3.63) is 64.7 Å². The highest BCUT2D eigenvalue weighted by Crippen LogP contribution is 2.22. The SMILES string of the molecule is COC(=O)CNC(=O)c1ccc(NC(=O)c2ccc3c(c2)CCCC3)cc1. The number of fused-ring (bicyclic) bond motifs is 1. The summed E-state index contributed by atoms with van der Waals surface area (Å²) in [6, 6.07) is 12.4. The van der Waals surface area contributed by atoms with E-state index in [1.54, 1.807) is 24.3 Å². The Morgan fingerprint density at radius 1 is 0.889 bits per heavy atom. The van der Waals surface area contributed by atoms with Gasteiger partial charge < -0.3 is 15.4 Å². The summed E-state index contributed by atoms with van der Waals surface area (Å²) in [5.74, 6) is -1.07. The molecule has 2 N–H and O–H groups in total. The third-order valence-corrected chi connectivity index (χ3v) is 4.64. The molecule has 0 unspecified atom stereocenters. The Morgan fingerprint density at radius 3 is 2.26 bits per heavy atom. The zero-order valence-electron chi connectivity index (χ0n) is 15.2. The Kier molecular flexibility index (Phi) is 5.86. The maximum absolute atomic E-state index is 12.5. The molecule has 2 aromatic carbocycles. The topological polar surface area (TPSA) is 84.5 Å². The summed E-state index contributed by atoms with van der Waals surface area (Å²) in [6.45, 7) is -0.188. The van der Waals surface area contributed by atoms with Crippen molar-refractivity contribution in [2.24, 2.45) is 0 Å². The number of methoxy groups -OCH3 is 1. The lowest BCUT2D eigenvalue weighted by molar-refractivity contribution is -0.139. The number of carbonyl (C=O) groups is 3. The van der Waals surface area contributed by atoms with Gasteiger partial charge in [0.25, 0.3) is 11.8 Å². The van der Waals surface area contributed by atoms with Gasteiger partial charge in [-0.2, -0.15) is 0 Å². The molecule has 0 spiro atoms. The summed E-state index contributed by atoms with van der Waals surface area (Å²) in [6.07, 6.45) is 4.47. The normalized spacial score (nSPS) is 12.6. The maximum atomic E-state index is 12.5. The number of aryl methyl sites for hydroxylation is 2. The molecule has 1 aliphatic carbocycles. The first-order chi connectivity index (χ1) is 13.1. The van der Waals surface area contributed by atoms with Crippen LogP contribution in [0.2, 0.25) is 0 Å². The van der Waals surface area contributed by atoms with Crippen molar-refractivity contribution in [3.8, 4) is 0 Å². The van der Waals surface area contributed by atoms with Crippen LogP contribution >= 0.6 is 0 Å². The standard InChI is InChI=1S/C21H22N2O4/c1-27-19(24)13-22-20(25)15-8-10-18(11-9-15)23-21(26)17-7-6-14-4-2-3-5-16(14)12-17/h6-12H,2-5,13H2,1H3,(H,22,25)(H,23,26). The largest absolute Gasteiger partial charge is 0.468 e. The van der Waals surface area contributed by atoms with Crippen LogP contribution in [0.15, 0.2) is 42.5 Å². The first-order valence-electron chi connectivity index (χ1n) is 8.95. The fourth-order valence-corrected chi connectivity index (χ4v) is 3.11. The Hall–Kier alpha value is -3.15. The summed E-state index contributed by atoms with van der Waals surface area (Å²) in [7, 11) is 1.26. The van der Waals surface area contributed by atoms with Crippen LogP contribution in [0, 0.1) is 0 Å². The molecule has 0 fully saturated rings. The van der Waals surface area contributed by atoms with Crippen molar-refractivity contribution in [1.29, 1.82) is 0 Å². The van der Waals surface area contributed by atoms with Crippen LogP contribution in [-0.2, 0) is 22.4 Å². The summed E-state index contributed by atoms with van der Waals surface area (Å²) >= 11 is 0. The quantitative estimate of drug-likeness (QED) is 0.797. The zero-order chi connectivity index (χ0) is 19.2. The van der Waals surface area contributed by atoms with Crippen LogP contribution in [-0.4, -0.2) is 31.4 Å². The molecule has 0 atom stereocenters. The monoisotopic (exact) mass is 366 g/mol. The minimum absolute atomic E-state index is 0.175. The predicted octanol–water partition coefficient (Wildman–Crippen LogP) is 2.72. The predicted molar refractivity (Wildman–Crippen MR) is 102 cm³/mol. The third kappa shape index (κ3) is 4.73. The van der Waals surface area contributed by atoms with Crippen LogP contribution in [0.4, 0.5) is 5.69 Å². The molecule has 0 heterocycles. The average molecular weight is 366 g/mol. The van der Waals surface area contributed by atoms with Crippen molar-refractivity contribution in [3.63, 3.8) is 0 Å². The minimum atomic E-state index is -0.516. The van der Waals surface area contributed by atoms with Crippen molar-refractivity contribution in [2.75, 3.05) is 19.0 Å². The number of benzene rings is 2. The molecule has 0 saturated carbocycles. The van der Waals surface area contributed by atoms with Crippen LogP contribution in [0.25, 0.3) is 0 Å². The lowest BCUT2D eigenvalue weighted by Gasteiger charge is -2.16. The summed E-state index contributed by atoms with van der Waals surface area (Å²) < 4.78 is 4.47. The van der Waals surface area contributed by atoms with Crippen LogP contribution in [0.3, 0.4) is 0 Å². The van der Waals surface area contributed by atoms with Crippen LogP contribution in [0.1, 0.15) is 44.7 Å². The van der Waals surface area contributed by atoms with Crippen molar-refractivity contribution in [1.82, 2.24) is 5.32 Å². The molecule has 27 heavy (non-hydrogen) atoms. The summed E-state index contributed by atoms with van der Waals surface area (Å²) in [5, 5.41) is 5.31. The average Bonchev–Trinajstić information content (AvgIpc) is 2.71. The molecule has 0 saturated heterocycles. The van der Waals surface area contributed by atoms with Gasteiger partial charge in [0.2, 0.25) is 0 Å². The number of hydrogen-bond acceptors (Lipinski definition) is 4. The van der Waals surface area contributed by atoms with Gasteiger partial charge in [-0.15, -0.1) is 0 Å². The Balaban J connectivity index is 1.61. The molecule has 3 rings (SSSR count). The second-order valence-electron chi connectivity index (χ2n) is 6.48. The Labute approximate surface area is 157 Å². The fraction of sp³-hybridized carbons (Fsp3) is 0.286. The zero-order valence-corrected chi connectivity index (χ0v) is 15.2. The van der Waals surface area contributed by atoms with E-state index in [2.05, 4.69) is 15.4 Å². The highest BCUT2D eigenvalue weighted by Gasteiger charge is 2.13.